The summed E-state index contributed by atoms with van der Waals surface area (Å²) in [5, 5.41) is 6.21. The van der Waals surface area contributed by atoms with Gasteiger partial charge in [0.1, 0.15) is 0 Å². The van der Waals surface area contributed by atoms with Gasteiger partial charge in [0.15, 0.2) is 0 Å². The SMILES string of the molecule is CCCCC/C=C\C/C=C\C/C=C\CCCCC(=O)NCCCC[C@@H](C)NC(=O)CCCCCCCCCCCCCCC. The molecule has 0 fully saturated rings. The molecule has 2 N–H and O–H groups in total. The zero-order valence-corrected chi connectivity index (χ0v) is 29.7. The van der Waals surface area contributed by atoms with Gasteiger partial charge in [-0.3, -0.25) is 9.59 Å². The molecule has 0 aromatic heterocycles. The summed E-state index contributed by atoms with van der Waals surface area (Å²) in [6.07, 6.45) is 45.2. The molecule has 2 amide bonds. The Labute approximate surface area is 274 Å². The second-order valence-corrected chi connectivity index (χ2v) is 12.9. The van der Waals surface area contributed by atoms with Crippen molar-refractivity contribution in [1.29, 1.82) is 0 Å². The predicted molar refractivity (Wildman–Crippen MR) is 194 cm³/mol. The normalized spacial score (nSPS) is 12.5. The van der Waals surface area contributed by atoms with Crippen LogP contribution in [0.15, 0.2) is 36.5 Å². The van der Waals surface area contributed by atoms with Crippen molar-refractivity contribution >= 4 is 11.8 Å². The molecular formula is C40H74N2O2. The Bertz CT molecular complexity index is 712. The van der Waals surface area contributed by atoms with Crippen molar-refractivity contribution in [2.24, 2.45) is 0 Å². The van der Waals surface area contributed by atoms with Gasteiger partial charge in [-0.25, -0.2) is 0 Å². The van der Waals surface area contributed by atoms with E-state index in [1.807, 2.05) is 0 Å². The van der Waals surface area contributed by atoms with E-state index in [1.165, 1.54) is 103 Å². The van der Waals surface area contributed by atoms with Gasteiger partial charge in [0.2, 0.25) is 11.8 Å². The first-order chi connectivity index (χ1) is 21.6. The van der Waals surface area contributed by atoms with Crippen LogP contribution in [0.25, 0.3) is 0 Å². The Kier molecular flexibility index (Phi) is 34.1. The van der Waals surface area contributed by atoms with Crippen LogP contribution < -0.4 is 10.6 Å². The highest BCUT2D eigenvalue weighted by Crippen LogP contribution is 2.13. The molecule has 0 unspecified atom stereocenters. The maximum atomic E-state index is 12.2. The summed E-state index contributed by atoms with van der Waals surface area (Å²) in [5.74, 6) is 0.361. The number of nitrogens with one attached hydrogen (secondary N) is 2. The minimum atomic E-state index is 0.166. The van der Waals surface area contributed by atoms with Crippen LogP contribution in [-0.4, -0.2) is 24.4 Å². The number of rotatable bonds is 33. The van der Waals surface area contributed by atoms with E-state index in [0.717, 1.165) is 64.3 Å². The van der Waals surface area contributed by atoms with Gasteiger partial charge in [-0.1, -0.05) is 140 Å². The van der Waals surface area contributed by atoms with E-state index in [1.54, 1.807) is 0 Å². The van der Waals surface area contributed by atoms with E-state index in [-0.39, 0.29) is 17.9 Å². The van der Waals surface area contributed by atoms with E-state index in [0.29, 0.717) is 12.8 Å². The average molecular weight is 615 g/mol. The van der Waals surface area contributed by atoms with Crippen molar-refractivity contribution in [3.8, 4) is 0 Å². The molecule has 4 heteroatoms. The Morgan fingerprint density at radius 2 is 0.932 bits per heavy atom. The molecular weight excluding hydrogens is 540 g/mol. The van der Waals surface area contributed by atoms with Crippen molar-refractivity contribution < 1.29 is 9.59 Å². The minimum Gasteiger partial charge on any atom is -0.356 e. The zero-order valence-electron chi connectivity index (χ0n) is 29.7. The largest absolute Gasteiger partial charge is 0.356 e. The lowest BCUT2D eigenvalue weighted by Crippen LogP contribution is -2.32. The van der Waals surface area contributed by atoms with Crippen LogP contribution in [0.2, 0.25) is 0 Å². The number of carbonyl (C=O) groups is 2. The molecule has 256 valence electrons. The fraction of sp³-hybridized carbons (Fsp3) is 0.800. The van der Waals surface area contributed by atoms with Crippen molar-refractivity contribution in [3.05, 3.63) is 36.5 Å². The summed E-state index contributed by atoms with van der Waals surface area (Å²) in [7, 11) is 0. The third-order valence-electron chi connectivity index (χ3n) is 8.34. The maximum Gasteiger partial charge on any atom is 0.220 e. The highest BCUT2D eigenvalue weighted by molar-refractivity contribution is 5.76. The molecule has 0 bridgehead atoms. The number of allylic oxidation sites excluding steroid dienone is 6. The number of carbonyl (C=O) groups excluding carboxylic acids is 2. The second-order valence-electron chi connectivity index (χ2n) is 12.9. The Morgan fingerprint density at radius 1 is 0.500 bits per heavy atom. The fourth-order valence-electron chi connectivity index (χ4n) is 5.45. The molecule has 0 saturated heterocycles. The van der Waals surface area contributed by atoms with E-state index in [9.17, 15) is 9.59 Å². The average Bonchev–Trinajstić information content (AvgIpc) is 3.01. The second kappa shape index (κ2) is 35.6. The van der Waals surface area contributed by atoms with Crippen LogP contribution in [0, 0.1) is 0 Å². The molecule has 4 nitrogen and oxygen atoms in total. The molecule has 0 aromatic carbocycles. The number of hydrogen-bond acceptors (Lipinski definition) is 2. The topological polar surface area (TPSA) is 58.2 Å². The summed E-state index contributed by atoms with van der Waals surface area (Å²) < 4.78 is 0. The van der Waals surface area contributed by atoms with Gasteiger partial charge in [-0.15, -0.1) is 0 Å². The van der Waals surface area contributed by atoms with E-state index >= 15 is 0 Å². The molecule has 44 heavy (non-hydrogen) atoms. The molecule has 1 atom stereocenters. The van der Waals surface area contributed by atoms with Crippen molar-refractivity contribution in [1.82, 2.24) is 10.6 Å². The number of hydrogen-bond donors (Lipinski definition) is 2. The molecule has 0 heterocycles. The van der Waals surface area contributed by atoms with E-state index in [2.05, 4.69) is 67.9 Å². The molecule has 0 aromatic rings. The quantitative estimate of drug-likeness (QED) is 0.0570. The molecule has 0 aliphatic carbocycles. The van der Waals surface area contributed by atoms with Crippen LogP contribution in [0.1, 0.15) is 194 Å². The standard InChI is InChI=1S/C40H74N2O2/c1-4-6-8-10-12-14-16-18-19-21-22-24-26-28-30-35-39(43)41-37-33-32-34-38(3)42-40(44)36-31-29-27-25-23-20-17-15-13-11-9-7-5-2/h12,14,18-19,22,24,38H,4-11,13,15-17,20-21,23,25-37H2,1-3H3,(H,41,43)(H,42,44)/b14-12-,19-18-,24-22-/t38-/m1/s1. The van der Waals surface area contributed by atoms with Crippen LogP contribution in [-0.2, 0) is 9.59 Å². The third-order valence-corrected chi connectivity index (χ3v) is 8.34. The Balaban J connectivity index is 3.48. The van der Waals surface area contributed by atoms with Gasteiger partial charge < -0.3 is 10.6 Å². The van der Waals surface area contributed by atoms with Crippen LogP contribution in [0.5, 0.6) is 0 Å². The summed E-state index contributed by atoms with van der Waals surface area (Å²) in [5.41, 5.74) is 0. The first-order valence-electron chi connectivity index (χ1n) is 19.1. The van der Waals surface area contributed by atoms with Gasteiger partial charge in [-0.05, 0) is 77.6 Å². The molecule has 0 aliphatic heterocycles. The zero-order chi connectivity index (χ0) is 32.2. The highest BCUT2D eigenvalue weighted by Gasteiger charge is 2.07. The van der Waals surface area contributed by atoms with E-state index < -0.39 is 0 Å². The van der Waals surface area contributed by atoms with E-state index in [4.69, 9.17) is 0 Å². The fourth-order valence-corrected chi connectivity index (χ4v) is 5.45. The lowest BCUT2D eigenvalue weighted by molar-refractivity contribution is -0.122. The van der Waals surface area contributed by atoms with Crippen LogP contribution in [0.3, 0.4) is 0 Å². The number of unbranched alkanes of at least 4 members (excludes halogenated alkanes) is 18. The van der Waals surface area contributed by atoms with Crippen LogP contribution >= 0.6 is 0 Å². The minimum absolute atomic E-state index is 0.166. The Hall–Kier alpha value is -1.84. The van der Waals surface area contributed by atoms with Crippen LogP contribution in [0.4, 0.5) is 0 Å². The summed E-state index contributed by atoms with van der Waals surface area (Å²) >= 11 is 0. The van der Waals surface area contributed by atoms with Gasteiger partial charge in [-0.2, -0.15) is 0 Å². The van der Waals surface area contributed by atoms with Gasteiger partial charge in [0.25, 0.3) is 0 Å². The lowest BCUT2D eigenvalue weighted by atomic mass is 10.0. The summed E-state index contributed by atoms with van der Waals surface area (Å²) in [4.78, 5) is 24.3. The van der Waals surface area contributed by atoms with Gasteiger partial charge in [0, 0.05) is 25.4 Å². The molecule has 0 aliphatic rings. The molecule has 0 saturated carbocycles. The molecule has 0 rings (SSSR count). The first-order valence-corrected chi connectivity index (χ1v) is 19.1. The lowest BCUT2D eigenvalue weighted by Gasteiger charge is -2.14. The highest BCUT2D eigenvalue weighted by atomic mass is 16.2. The van der Waals surface area contributed by atoms with Crippen molar-refractivity contribution in [3.63, 3.8) is 0 Å². The smallest absolute Gasteiger partial charge is 0.220 e. The Morgan fingerprint density at radius 3 is 1.50 bits per heavy atom. The first kappa shape index (κ1) is 42.2. The number of amides is 2. The molecule has 0 spiro atoms. The van der Waals surface area contributed by atoms with Gasteiger partial charge >= 0.3 is 0 Å². The predicted octanol–water partition coefficient (Wildman–Crippen LogP) is 11.8. The van der Waals surface area contributed by atoms with Crippen molar-refractivity contribution in [2.45, 2.75) is 200 Å². The summed E-state index contributed by atoms with van der Waals surface area (Å²) in [6.45, 7) is 7.35. The maximum absolute atomic E-state index is 12.2. The third kappa shape index (κ3) is 34.6. The van der Waals surface area contributed by atoms with Crippen molar-refractivity contribution in [2.75, 3.05) is 6.54 Å². The monoisotopic (exact) mass is 615 g/mol. The molecule has 0 radical (unpaired) electrons. The summed E-state index contributed by atoms with van der Waals surface area (Å²) in [6, 6.07) is 0.209. The van der Waals surface area contributed by atoms with Gasteiger partial charge in [0.05, 0.1) is 0 Å².